The maximum Gasteiger partial charge on any atom is 0.313 e. The van der Waals surface area contributed by atoms with Gasteiger partial charge < -0.3 is 20.7 Å². The standard InChI is InChI=1S/C21H23FN4O4/c1-12-3-8-17(13-4-6-14(22)7-5-13)26(11-12)21(29)19(28)25-15-9-16(18(23)27)20(30-2)24-10-15/h4-7,9-10,12,17H,3,8,11H2,1-2H3,(H2,23,27)(H,25,28)/t12-,17?/m0/s1. The van der Waals surface area contributed by atoms with Crippen LogP contribution in [-0.2, 0) is 9.59 Å². The molecule has 0 saturated carbocycles. The highest BCUT2D eigenvalue weighted by Crippen LogP contribution is 2.33. The summed E-state index contributed by atoms with van der Waals surface area (Å²) in [5, 5.41) is 2.47. The molecule has 1 aliphatic rings. The van der Waals surface area contributed by atoms with E-state index < -0.39 is 17.7 Å². The molecule has 1 saturated heterocycles. The van der Waals surface area contributed by atoms with E-state index in [-0.39, 0.29) is 34.9 Å². The van der Waals surface area contributed by atoms with Gasteiger partial charge in [0.05, 0.1) is 25.0 Å². The predicted octanol–water partition coefficient (Wildman–Crippen LogP) is 2.27. The molecule has 0 aliphatic carbocycles. The Morgan fingerprint density at radius 1 is 1.23 bits per heavy atom. The monoisotopic (exact) mass is 414 g/mol. The van der Waals surface area contributed by atoms with Crippen molar-refractivity contribution in [1.82, 2.24) is 9.88 Å². The lowest BCUT2D eigenvalue weighted by molar-refractivity contribution is -0.146. The number of hydrogen-bond acceptors (Lipinski definition) is 5. The van der Waals surface area contributed by atoms with Gasteiger partial charge >= 0.3 is 11.8 Å². The van der Waals surface area contributed by atoms with Gasteiger partial charge in [0.15, 0.2) is 0 Å². The van der Waals surface area contributed by atoms with Gasteiger partial charge in [-0.2, -0.15) is 0 Å². The third-order valence-electron chi connectivity index (χ3n) is 5.10. The lowest BCUT2D eigenvalue weighted by Crippen LogP contribution is -2.46. The van der Waals surface area contributed by atoms with Crippen molar-refractivity contribution in [1.29, 1.82) is 0 Å². The van der Waals surface area contributed by atoms with Crippen molar-refractivity contribution in [3.05, 3.63) is 53.5 Å². The number of halogens is 1. The highest BCUT2D eigenvalue weighted by Gasteiger charge is 2.34. The number of likely N-dealkylation sites (tertiary alicyclic amines) is 1. The van der Waals surface area contributed by atoms with Crippen LogP contribution in [-0.4, -0.2) is 41.3 Å². The third kappa shape index (κ3) is 4.56. The minimum atomic E-state index is -0.862. The number of methoxy groups -OCH3 is 1. The topological polar surface area (TPSA) is 115 Å². The van der Waals surface area contributed by atoms with E-state index in [2.05, 4.69) is 10.3 Å². The number of aromatic nitrogens is 1. The van der Waals surface area contributed by atoms with Gasteiger partial charge in [-0.3, -0.25) is 14.4 Å². The molecular formula is C21H23FN4O4. The van der Waals surface area contributed by atoms with Gasteiger partial charge in [-0.15, -0.1) is 0 Å². The van der Waals surface area contributed by atoms with Gasteiger partial charge in [0.1, 0.15) is 11.4 Å². The number of nitrogens with one attached hydrogen (secondary N) is 1. The van der Waals surface area contributed by atoms with Crippen LogP contribution in [0.15, 0.2) is 36.5 Å². The molecule has 1 aliphatic heterocycles. The molecule has 2 aromatic rings. The Labute approximate surface area is 173 Å². The van der Waals surface area contributed by atoms with Gasteiger partial charge in [-0.05, 0) is 42.5 Å². The summed E-state index contributed by atoms with van der Waals surface area (Å²) in [6, 6.07) is 6.90. The van der Waals surface area contributed by atoms with Crippen LogP contribution in [0.1, 0.15) is 41.7 Å². The zero-order valence-corrected chi connectivity index (χ0v) is 16.7. The van der Waals surface area contributed by atoms with Crippen molar-refractivity contribution in [3.63, 3.8) is 0 Å². The number of anilines is 1. The van der Waals surface area contributed by atoms with Crippen LogP contribution in [0, 0.1) is 11.7 Å². The Balaban J connectivity index is 1.80. The molecule has 3 rings (SSSR count). The molecule has 9 heteroatoms. The number of pyridine rings is 1. The number of rotatable bonds is 4. The fourth-order valence-corrected chi connectivity index (χ4v) is 3.58. The molecule has 1 fully saturated rings. The van der Waals surface area contributed by atoms with E-state index in [0.717, 1.165) is 12.0 Å². The molecule has 1 aromatic heterocycles. The van der Waals surface area contributed by atoms with Gasteiger partial charge in [-0.25, -0.2) is 9.37 Å². The molecule has 0 bridgehead atoms. The van der Waals surface area contributed by atoms with Crippen molar-refractivity contribution in [2.75, 3.05) is 19.0 Å². The van der Waals surface area contributed by atoms with Crippen LogP contribution >= 0.6 is 0 Å². The first-order chi connectivity index (χ1) is 14.3. The Morgan fingerprint density at radius 2 is 1.93 bits per heavy atom. The van der Waals surface area contributed by atoms with Gasteiger partial charge in [-0.1, -0.05) is 19.1 Å². The van der Waals surface area contributed by atoms with E-state index in [1.165, 1.54) is 36.4 Å². The highest BCUT2D eigenvalue weighted by molar-refractivity contribution is 6.39. The fraction of sp³-hybridized carbons (Fsp3) is 0.333. The van der Waals surface area contributed by atoms with Gasteiger partial charge in [0.2, 0.25) is 5.88 Å². The van der Waals surface area contributed by atoms with Crippen LogP contribution in [0.4, 0.5) is 10.1 Å². The molecule has 3 N–H and O–H groups in total. The first kappa shape index (κ1) is 21.2. The Kier molecular flexibility index (Phi) is 6.29. The van der Waals surface area contributed by atoms with Crippen LogP contribution in [0.25, 0.3) is 0 Å². The zero-order valence-electron chi connectivity index (χ0n) is 16.7. The lowest BCUT2D eigenvalue weighted by Gasteiger charge is -2.38. The number of nitrogens with zero attached hydrogens (tertiary/aromatic N) is 2. The Hall–Kier alpha value is -3.49. The smallest absolute Gasteiger partial charge is 0.313 e. The second kappa shape index (κ2) is 8.89. The van der Waals surface area contributed by atoms with E-state index in [4.69, 9.17) is 10.5 Å². The minimum Gasteiger partial charge on any atom is -0.480 e. The maximum absolute atomic E-state index is 13.3. The summed E-state index contributed by atoms with van der Waals surface area (Å²) in [6.45, 7) is 2.41. The molecule has 3 amide bonds. The molecule has 0 radical (unpaired) electrons. The first-order valence-electron chi connectivity index (χ1n) is 9.51. The van der Waals surface area contributed by atoms with Crippen LogP contribution in [0.3, 0.4) is 0 Å². The van der Waals surface area contributed by atoms with E-state index in [0.29, 0.717) is 13.0 Å². The summed E-state index contributed by atoms with van der Waals surface area (Å²) in [4.78, 5) is 42.6. The third-order valence-corrected chi connectivity index (χ3v) is 5.10. The lowest BCUT2D eigenvalue weighted by atomic mass is 9.90. The number of primary amides is 1. The Bertz CT molecular complexity index is 964. The summed E-state index contributed by atoms with van der Waals surface area (Å²) in [5.74, 6) is -2.47. The molecule has 30 heavy (non-hydrogen) atoms. The molecule has 2 atom stereocenters. The maximum atomic E-state index is 13.3. The second-order valence-corrected chi connectivity index (χ2v) is 7.31. The van der Waals surface area contributed by atoms with E-state index >= 15 is 0 Å². The van der Waals surface area contributed by atoms with E-state index in [1.807, 2.05) is 6.92 Å². The SMILES string of the molecule is COc1ncc(NC(=O)C(=O)N2C[C@@H](C)CCC2c2ccc(F)cc2)cc1C(N)=O. The summed E-state index contributed by atoms with van der Waals surface area (Å²) < 4.78 is 18.3. The van der Waals surface area contributed by atoms with Crippen LogP contribution in [0.2, 0.25) is 0 Å². The number of hydrogen-bond donors (Lipinski definition) is 2. The van der Waals surface area contributed by atoms with Crippen molar-refractivity contribution in [2.45, 2.75) is 25.8 Å². The molecule has 0 spiro atoms. The zero-order chi connectivity index (χ0) is 21.8. The van der Waals surface area contributed by atoms with Crippen molar-refractivity contribution in [2.24, 2.45) is 11.7 Å². The van der Waals surface area contributed by atoms with Crippen molar-refractivity contribution < 1.29 is 23.5 Å². The number of nitrogens with two attached hydrogens (primary N) is 1. The van der Waals surface area contributed by atoms with Crippen molar-refractivity contribution in [3.8, 4) is 5.88 Å². The number of carbonyl (C=O) groups is 3. The molecule has 2 heterocycles. The largest absolute Gasteiger partial charge is 0.480 e. The summed E-state index contributed by atoms with van der Waals surface area (Å²) >= 11 is 0. The Morgan fingerprint density at radius 3 is 2.57 bits per heavy atom. The van der Waals surface area contributed by atoms with Crippen LogP contribution < -0.4 is 15.8 Å². The number of benzene rings is 1. The summed E-state index contributed by atoms with van der Waals surface area (Å²) in [7, 11) is 1.34. The number of amides is 3. The number of piperidine rings is 1. The van der Waals surface area contributed by atoms with Gasteiger partial charge in [0, 0.05) is 6.54 Å². The van der Waals surface area contributed by atoms with Crippen molar-refractivity contribution >= 4 is 23.4 Å². The van der Waals surface area contributed by atoms with E-state index in [1.54, 1.807) is 12.1 Å². The molecule has 1 aromatic carbocycles. The predicted molar refractivity (Wildman–Crippen MR) is 107 cm³/mol. The number of carbonyl (C=O) groups excluding carboxylic acids is 3. The van der Waals surface area contributed by atoms with Gasteiger partial charge in [0.25, 0.3) is 5.91 Å². The second-order valence-electron chi connectivity index (χ2n) is 7.31. The quantitative estimate of drug-likeness (QED) is 0.745. The fourth-order valence-electron chi connectivity index (χ4n) is 3.58. The molecule has 158 valence electrons. The summed E-state index contributed by atoms with van der Waals surface area (Å²) in [5.41, 5.74) is 6.20. The normalized spacial score (nSPS) is 18.6. The van der Waals surface area contributed by atoms with E-state index in [9.17, 15) is 18.8 Å². The molecule has 8 nitrogen and oxygen atoms in total. The molecule has 1 unspecified atom stereocenters. The highest BCUT2D eigenvalue weighted by atomic mass is 19.1. The van der Waals surface area contributed by atoms with Crippen LogP contribution in [0.5, 0.6) is 5.88 Å². The summed E-state index contributed by atoms with van der Waals surface area (Å²) in [6.07, 6.45) is 2.83. The average molecular weight is 414 g/mol. The minimum absolute atomic E-state index is 0.0152. The number of ether oxygens (including phenoxy) is 1. The molecular weight excluding hydrogens is 391 g/mol. The first-order valence-corrected chi connectivity index (χ1v) is 9.51. The average Bonchev–Trinajstić information content (AvgIpc) is 2.73.